The van der Waals surface area contributed by atoms with Crippen molar-refractivity contribution < 1.29 is 14.7 Å². The number of imide groups is 1. The molecule has 0 spiro atoms. The van der Waals surface area contributed by atoms with Crippen molar-refractivity contribution in [1.82, 2.24) is 9.47 Å². The Hall–Kier alpha value is -3.55. The quantitative estimate of drug-likeness (QED) is 0.403. The predicted molar refractivity (Wildman–Crippen MR) is 139 cm³/mol. The van der Waals surface area contributed by atoms with Crippen molar-refractivity contribution in [2.24, 2.45) is 0 Å². The molecule has 0 saturated carbocycles. The average molecular weight is 472 g/mol. The number of carbonyl (C=O) groups is 2. The number of aliphatic hydroxyl groups is 1. The summed E-state index contributed by atoms with van der Waals surface area (Å²) in [5, 5.41) is 12.8. The number of aromatic nitrogens is 1. The molecule has 2 amide bonds. The van der Waals surface area contributed by atoms with Gasteiger partial charge in [-0.25, -0.2) is 0 Å². The summed E-state index contributed by atoms with van der Waals surface area (Å²) in [7, 11) is 3.93. The van der Waals surface area contributed by atoms with E-state index in [1.807, 2.05) is 79.7 Å². The first-order chi connectivity index (χ1) is 16.4. The molecule has 7 heteroatoms. The van der Waals surface area contributed by atoms with E-state index in [0.29, 0.717) is 4.91 Å². The summed E-state index contributed by atoms with van der Waals surface area (Å²) in [4.78, 5) is 29.0. The number of rotatable bonds is 6. The number of anilines is 1. The highest BCUT2D eigenvalue weighted by Crippen LogP contribution is 2.33. The van der Waals surface area contributed by atoms with E-state index in [9.17, 15) is 14.7 Å². The lowest BCUT2D eigenvalue weighted by molar-refractivity contribution is -0.123. The minimum atomic E-state index is -0.897. The molecule has 34 heavy (non-hydrogen) atoms. The van der Waals surface area contributed by atoms with E-state index in [-0.39, 0.29) is 24.2 Å². The van der Waals surface area contributed by atoms with Gasteiger partial charge in [-0.3, -0.25) is 14.5 Å². The van der Waals surface area contributed by atoms with Crippen LogP contribution >= 0.6 is 11.8 Å². The highest BCUT2D eigenvalue weighted by atomic mass is 32.2. The maximum absolute atomic E-state index is 12.9. The molecule has 6 nitrogen and oxygen atoms in total. The molecule has 0 unspecified atom stereocenters. The minimum absolute atomic E-state index is 0.0532. The molecule has 1 aliphatic heterocycles. The maximum atomic E-state index is 12.9. The SMILES string of the molecule is CN(C)c1ccc(/C=C2/SC(=O)N(C[C@@H](O)Cn3c4ccccc4c4ccccc43)C2=O)cc1. The van der Waals surface area contributed by atoms with Gasteiger partial charge < -0.3 is 14.6 Å². The first kappa shape index (κ1) is 22.3. The zero-order chi connectivity index (χ0) is 23.8. The van der Waals surface area contributed by atoms with Gasteiger partial charge in [0, 0.05) is 41.6 Å². The molecule has 1 N–H and O–H groups in total. The van der Waals surface area contributed by atoms with Crippen molar-refractivity contribution in [1.29, 1.82) is 0 Å². The lowest BCUT2D eigenvalue weighted by atomic mass is 10.2. The number of fused-ring (bicyclic) bond motifs is 3. The zero-order valence-electron chi connectivity index (χ0n) is 19.0. The highest BCUT2D eigenvalue weighted by molar-refractivity contribution is 8.18. The van der Waals surface area contributed by atoms with E-state index in [2.05, 4.69) is 16.7 Å². The summed E-state index contributed by atoms with van der Waals surface area (Å²) in [6.45, 7) is 0.225. The van der Waals surface area contributed by atoms with Crippen LogP contribution in [-0.2, 0) is 11.3 Å². The van der Waals surface area contributed by atoms with Crippen molar-refractivity contribution in [2.75, 3.05) is 25.5 Å². The largest absolute Gasteiger partial charge is 0.389 e. The van der Waals surface area contributed by atoms with Crippen molar-refractivity contribution in [3.8, 4) is 0 Å². The van der Waals surface area contributed by atoms with E-state index in [1.165, 1.54) is 0 Å². The predicted octanol–water partition coefficient (Wildman–Crippen LogP) is 4.96. The first-order valence-electron chi connectivity index (χ1n) is 11.1. The standard InChI is InChI=1S/C27H25N3O3S/c1-28(2)19-13-11-18(12-14-19)15-25-26(32)30(27(33)34-25)17-20(31)16-29-23-9-5-3-7-21(23)22-8-4-6-10-24(22)29/h3-15,20,31H,16-17H2,1-2H3/b25-15+/t20-/m0/s1. The third-order valence-electron chi connectivity index (χ3n) is 6.05. The second-order valence-electron chi connectivity index (χ2n) is 8.58. The number of hydrogen-bond donors (Lipinski definition) is 1. The molecule has 0 aliphatic carbocycles. The molecule has 3 aromatic carbocycles. The Labute approximate surface area is 202 Å². The van der Waals surface area contributed by atoms with Gasteiger partial charge in [-0.1, -0.05) is 48.5 Å². The van der Waals surface area contributed by atoms with Gasteiger partial charge in [-0.2, -0.15) is 0 Å². The third-order valence-corrected chi connectivity index (χ3v) is 6.95. The summed E-state index contributed by atoms with van der Waals surface area (Å²) >= 11 is 0.912. The lowest BCUT2D eigenvalue weighted by Gasteiger charge is -2.19. The molecule has 172 valence electrons. The summed E-state index contributed by atoms with van der Waals surface area (Å²) in [6.07, 6.45) is 0.829. The highest BCUT2D eigenvalue weighted by Gasteiger charge is 2.36. The van der Waals surface area contributed by atoms with Crippen LogP contribution in [0.2, 0.25) is 0 Å². The molecule has 1 aromatic heterocycles. The molecule has 0 radical (unpaired) electrons. The molecule has 1 saturated heterocycles. The molecule has 1 fully saturated rings. The van der Waals surface area contributed by atoms with Crippen LogP contribution in [0.3, 0.4) is 0 Å². The van der Waals surface area contributed by atoms with Crippen LogP contribution in [0.4, 0.5) is 10.5 Å². The minimum Gasteiger partial charge on any atom is -0.389 e. The van der Waals surface area contributed by atoms with Gasteiger partial charge in [-0.15, -0.1) is 0 Å². The molecule has 2 heterocycles. The van der Waals surface area contributed by atoms with Crippen molar-refractivity contribution in [3.05, 3.63) is 83.3 Å². The number of aliphatic hydroxyl groups excluding tert-OH is 1. The van der Waals surface area contributed by atoms with Gasteiger partial charge in [0.15, 0.2) is 0 Å². The van der Waals surface area contributed by atoms with Gasteiger partial charge in [0.1, 0.15) is 0 Å². The Balaban J connectivity index is 1.35. The van der Waals surface area contributed by atoms with Gasteiger partial charge in [-0.05, 0) is 47.7 Å². The fourth-order valence-corrected chi connectivity index (χ4v) is 5.20. The van der Waals surface area contributed by atoms with E-state index in [0.717, 1.165) is 49.7 Å². The number of β-amino-alcohol motifs (C(OH)–C–C–N with tert-alkyl or cyclic N) is 1. The van der Waals surface area contributed by atoms with E-state index < -0.39 is 6.10 Å². The smallest absolute Gasteiger partial charge is 0.293 e. The van der Waals surface area contributed by atoms with Crippen LogP contribution in [0, 0.1) is 0 Å². The van der Waals surface area contributed by atoms with Crippen molar-refractivity contribution in [2.45, 2.75) is 12.6 Å². The van der Waals surface area contributed by atoms with Crippen LogP contribution in [0.5, 0.6) is 0 Å². The monoisotopic (exact) mass is 471 g/mol. The number of nitrogens with zero attached hydrogens (tertiary/aromatic N) is 3. The normalized spacial score (nSPS) is 16.2. The fraction of sp³-hybridized carbons (Fsp3) is 0.185. The second kappa shape index (κ2) is 9.00. The molecule has 4 aromatic rings. The first-order valence-corrected chi connectivity index (χ1v) is 11.9. The molecule has 5 rings (SSSR count). The summed E-state index contributed by atoms with van der Waals surface area (Å²) in [6, 6.07) is 23.9. The Morgan fingerprint density at radius 3 is 2.06 bits per heavy atom. The van der Waals surface area contributed by atoms with Crippen LogP contribution in [0.15, 0.2) is 77.7 Å². The van der Waals surface area contributed by atoms with E-state index >= 15 is 0 Å². The summed E-state index contributed by atoms with van der Waals surface area (Å²) < 4.78 is 2.05. The topological polar surface area (TPSA) is 65.8 Å². The summed E-state index contributed by atoms with van der Waals surface area (Å²) in [5.41, 5.74) is 3.93. The van der Waals surface area contributed by atoms with Gasteiger partial charge >= 0.3 is 0 Å². The van der Waals surface area contributed by atoms with E-state index in [4.69, 9.17) is 0 Å². The molecular weight excluding hydrogens is 446 g/mol. The van der Waals surface area contributed by atoms with E-state index in [1.54, 1.807) is 6.08 Å². The number of benzene rings is 3. The number of hydrogen-bond acceptors (Lipinski definition) is 5. The van der Waals surface area contributed by atoms with Crippen molar-refractivity contribution >= 4 is 56.5 Å². The van der Waals surface area contributed by atoms with Crippen LogP contribution in [0.1, 0.15) is 5.56 Å². The molecule has 0 bridgehead atoms. The van der Waals surface area contributed by atoms with Crippen LogP contribution in [0.25, 0.3) is 27.9 Å². The number of carbonyl (C=O) groups excluding carboxylic acids is 2. The Kier molecular flexibility index (Phi) is 5.89. The Morgan fingerprint density at radius 1 is 0.882 bits per heavy atom. The fourth-order valence-electron chi connectivity index (χ4n) is 4.36. The van der Waals surface area contributed by atoms with Gasteiger partial charge in [0.25, 0.3) is 11.1 Å². The number of amides is 2. The molecular formula is C27H25N3O3S. The van der Waals surface area contributed by atoms with Gasteiger partial charge in [0.05, 0.1) is 24.1 Å². The Bertz CT molecular complexity index is 1370. The second-order valence-corrected chi connectivity index (χ2v) is 9.57. The average Bonchev–Trinajstić information content (AvgIpc) is 3.29. The third kappa shape index (κ3) is 4.08. The number of para-hydroxylation sites is 2. The maximum Gasteiger partial charge on any atom is 0.293 e. The van der Waals surface area contributed by atoms with Crippen LogP contribution in [-0.4, -0.2) is 52.5 Å². The lowest BCUT2D eigenvalue weighted by Crippen LogP contribution is -2.37. The molecule has 1 aliphatic rings. The molecule has 1 atom stereocenters. The van der Waals surface area contributed by atoms with Gasteiger partial charge in [0.2, 0.25) is 0 Å². The van der Waals surface area contributed by atoms with Crippen molar-refractivity contribution in [3.63, 3.8) is 0 Å². The Morgan fingerprint density at radius 2 is 1.47 bits per heavy atom. The van der Waals surface area contributed by atoms with Crippen LogP contribution < -0.4 is 4.90 Å². The number of thioether (sulfide) groups is 1. The summed E-state index contributed by atoms with van der Waals surface area (Å²) in [5.74, 6) is -0.368. The zero-order valence-corrected chi connectivity index (χ0v) is 19.8.